The van der Waals surface area contributed by atoms with E-state index in [9.17, 15) is 4.79 Å². The van der Waals surface area contributed by atoms with Crippen LogP contribution in [0.2, 0.25) is 0 Å². The topological polar surface area (TPSA) is 61.5 Å². The molecule has 6 heteroatoms. The summed E-state index contributed by atoms with van der Waals surface area (Å²) in [4.78, 5) is 25.4. The number of nitrogens with zero attached hydrogens (tertiary/aromatic N) is 3. The number of aromatic nitrogens is 2. The fraction of sp³-hybridized carbons (Fsp3) is 0.739. The van der Waals surface area contributed by atoms with Crippen LogP contribution in [0.15, 0.2) is 15.9 Å². The van der Waals surface area contributed by atoms with Crippen LogP contribution in [0.5, 0.6) is 0 Å². The van der Waals surface area contributed by atoms with Crippen LogP contribution >= 0.6 is 0 Å². The standard InChI is InChI=1S/C23H34N4O2/c1-14-10-27(11-15(2)29-14)22-24-20-13-26(8-7-18(20)21(28)25-22)12-16-5-6-17-9-19(16)23(17,3)4/h14-15,17H,5-13H2,1-4H3,(H,24,25,28)/t14-,15+,17-/m1/s1. The maximum absolute atomic E-state index is 12.7. The first-order chi connectivity index (χ1) is 13.8. The quantitative estimate of drug-likeness (QED) is 0.794. The van der Waals surface area contributed by atoms with Crippen molar-refractivity contribution < 1.29 is 4.74 Å². The molecule has 0 unspecified atom stereocenters. The van der Waals surface area contributed by atoms with Gasteiger partial charge in [0.2, 0.25) is 5.95 Å². The minimum atomic E-state index is 0.0408. The lowest BCUT2D eigenvalue weighted by Crippen LogP contribution is -2.47. The Morgan fingerprint density at radius 1 is 1.21 bits per heavy atom. The van der Waals surface area contributed by atoms with Gasteiger partial charge in [-0.2, -0.15) is 0 Å². The molecular formula is C23H34N4O2. The molecule has 158 valence electrons. The lowest BCUT2D eigenvalue weighted by Gasteiger charge is -2.53. The summed E-state index contributed by atoms with van der Waals surface area (Å²) in [5, 5.41) is 0. The summed E-state index contributed by atoms with van der Waals surface area (Å²) in [6.07, 6.45) is 4.98. The van der Waals surface area contributed by atoms with Crippen molar-refractivity contribution >= 4 is 5.95 Å². The van der Waals surface area contributed by atoms with Gasteiger partial charge in [0.1, 0.15) is 0 Å². The van der Waals surface area contributed by atoms with E-state index < -0.39 is 0 Å². The van der Waals surface area contributed by atoms with Crippen molar-refractivity contribution in [2.24, 2.45) is 11.3 Å². The van der Waals surface area contributed by atoms with Gasteiger partial charge in [-0.15, -0.1) is 0 Å². The molecule has 0 radical (unpaired) electrons. The Bertz CT molecular complexity index is 893. The second kappa shape index (κ2) is 6.95. The molecule has 1 N–H and O–H groups in total. The van der Waals surface area contributed by atoms with Crippen LogP contribution in [-0.4, -0.2) is 53.3 Å². The minimum absolute atomic E-state index is 0.0408. The van der Waals surface area contributed by atoms with E-state index in [0.717, 1.165) is 56.3 Å². The van der Waals surface area contributed by atoms with E-state index in [1.165, 1.54) is 19.3 Å². The monoisotopic (exact) mass is 398 g/mol. The summed E-state index contributed by atoms with van der Waals surface area (Å²) in [6.45, 7) is 13.3. The number of morpholine rings is 1. The number of aromatic amines is 1. The van der Waals surface area contributed by atoms with Gasteiger partial charge in [0, 0.05) is 38.3 Å². The number of H-pyrrole nitrogens is 1. The van der Waals surface area contributed by atoms with Crippen LogP contribution in [0, 0.1) is 11.3 Å². The highest BCUT2D eigenvalue weighted by molar-refractivity contribution is 5.37. The van der Waals surface area contributed by atoms with Crippen molar-refractivity contribution in [3.63, 3.8) is 0 Å². The van der Waals surface area contributed by atoms with Gasteiger partial charge >= 0.3 is 0 Å². The number of anilines is 1. The van der Waals surface area contributed by atoms with Crippen LogP contribution in [-0.2, 0) is 17.7 Å². The lowest BCUT2D eigenvalue weighted by atomic mass is 9.52. The summed E-state index contributed by atoms with van der Waals surface area (Å²) in [6, 6.07) is 0. The molecule has 5 aliphatic rings. The zero-order valence-corrected chi connectivity index (χ0v) is 18.3. The summed E-state index contributed by atoms with van der Waals surface area (Å²) in [7, 11) is 0. The van der Waals surface area contributed by atoms with E-state index in [-0.39, 0.29) is 17.8 Å². The van der Waals surface area contributed by atoms with E-state index in [0.29, 0.717) is 11.4 Å². The Balaban J connectivity index is 1.36. The van der Waals surface area contributed by atoms with Crippen molar-refractivity contribution in [1.29, 1.82) is 0 Å². The summed E-state index contributed by atoms with van der Waals surface area (Å²) in [5.74, 6) is 1.60. The first kappa shape index (κ1) is 19.3. The number of hydrogen-bond acceptors (Lipinski definition) is 5. The number of rotatable bonds is 3. The van der Waals surface area contributed by atoms with Crippen LogP contribution < -0.4 is 10.5 Å². The normalized spacial score (nSPS) is 31.4. The zero-order valence-electron chi connectivity index (χ0n) is 18.3. The molecule has 1 aromatic heterocycles. The highest BCUT2D eigenvalue weighted by Gasteiger charge is 2.47. The number of allylic oxidation sites excluding steroid dienone is 1. The van der Waals surface area contributed by atoms with E-state index >= 15 is 0 Å². The summed E-state index contributed by atoms with van der Waals surface area (Å²) < 4.78 is 5.84. The molecule has 1 saturated carbocycles. The molecule has 2 aliphatic heterocycles. The molecule has 29 heavy (non-hydrogen) atoms. The SMILES string of the molecule is C[C@@H]1CN(c2nc3c(c(=O)[nH]2)CCN(CC2=C4C[C@@H](CC2)C4(C)C)C3)C[C@H](C)O1. The molecule has 0 spiro atoms. The zero-order chi connectivity index (χ0) is 20.3. The van der Waals surface area contributed by atoms with Gasteiger partial charge in [0.25, 0.3) is 5.56 Å². The second-order valence-electron chi connectivity index (χ2n) is 10.2. The summed E-state index contributed by atoms with van der Waals surface area (Å²) >= 11 is 0. The highest BCUT2D eigenvalue weighted by atomic mass is 16.5. The third kappa shape index (κ3) is 3.34. The van der Waals surface area contributed by atoms with Crippen molar-refractivity contribution in [2.75, 3.05) is 31.1 Å². The molecule has 2 fully saturated rings. The first-order valence-electron chi connectivity index (χ1n) is 11.3. The summed E-state index contributed by atoms with van der Waals surface area (Å²) in [5.41, 5.74) is 5.66. The molecule has 6 rings (SSSR count). The van der Waals surface area contributed by atoms with Gasteiger partial charge in [-0.25, -0.2) is 4.98 Å². The number of nitrogens with one attached hydrogen (secondary N) is 1. The van der Waals surface area contributed by atoms with Crippen LogP contribution in [0.4, 0.5) is 5.95 Å². The molecule has 6 nitrogen and oxygen atoms in total. The Kier molecular flexibility index (Phi) is 4.63. The van der Waals surface area contributed by atoms with E-state index in [1.807, 2.05) is 0 Å². The third-order valence-corrected chi connectivity index (χ3v) is 7.74. The number of fused-ring (bicyclic) bond motifs is 3. The Labute approximate surface area is 173 Å². The van der Waals surface area contributed by atoms with Crippen molar-refractivity contribution in [3.8, 4) is 0 Å². The van der Waals surface area contributed by atoms with Gasteiger partial charge in [-0.1, -0.05) is 25.0 Å². The molecule has 1 saturated heterocycles. The van der Waals surface area contributed by atoms with E-state index in [4.69, 9.17) is 9.72 Å². The largest absolute Gasteiger partial charge is 0.372 e. The van der Waals surface area contributed by atoms with Gasteiger partial charge in [0.05, 0.1) is 17.9 Å². The van der Waals surface area contributed by atoms with Crippen molar-refractivity contribution in [3.05, 3.63) is 32.8 Å². The Morgan fingerprint density at radius 2 is 1.97 bits per heavy atom. The molecule has 3 aliphatic carbocycles. The van der Waals surface area contributed by atoms with Gasteiger partial charge in [-0.3, -0.25) is 14.7 Å². The van der Waals surface area contributed by atoms with E-state index in [1.54, 1.807) is 11.1 Å². The van der Waals surface area contributed by atoms with Crippen LogP contribution in [0.25, 0.3) is 0 Å². The van der Waals surface area contributed by atoms with Gasteiger partial charge in [0.15, 0.2) is 0 Å². The lowest BCUT2D eigenvalue weighted by molar-refractivity contribution is -0.00576. The van der Waals surface area contributed by atoms with Crippen molar-refractivity contribution in [1.82, 2.24) is 14.9 Å². The second-order valence-corrected chi connectivity index (χ2v) is 10.2. The average Bonchev–Trinajstić information content (AvgIpc) is 2.67. The Morgan fingerprint density at radius 3 is 2.66 bits per heavy atom. The van der Waals surface area contributed by atoms with Crippen LogP contribution in [0.3, 0.4) is 0 Å². The maximum Gasteiger partial charge on any atom is 0.255 e. The fourth-order valence-corrected chi connectivity index (χ4v) is 6.00. The molecule has 2 bridgehead atoms. The fourth-order valence-electron chi connectivity index (χ4n) is 6.00. The molecule has 0 aromatic carbocycles. The number of ether oxygens (including phenoxy) is 1. The van der Waals surface area contributed by atoms with Crippen LogP contribution in [0.1, 0.15) is 58.2 Å². The first-order valence-corrected chi connectivity index (χ1v) is 11.3. The highest BCUT2D eigenvalue weighted by Crippen LogP contribution is 2.58. The molecule has 0 amide bonds. The molecule has 1 aromatic rings. The number of hydrogen-bond donors (Lipinski definition) is 1. The predicted octanol–water partition coefficient (Wildman–Crippen LogP) is 2.88. The molecular weight excluding hydrogens is 364 g/mol. The van der Waals surface area contributed by atoms with Gasteiger partial charge in [-0.05, 0) is 50.9 Å². The molecule has 3 heterocycles. The smallest absolute Gasteiger partial charge is 0.255 e. The average molecular weight is 399 g/mol. The van der Waals surface area contributed by atoms with E-state index in [2.05, 4.69) is 42.5 Å². The third-order valence-electron chi connectivity index (χ3n) is 7.74. The Hall–Kier alpha value is -1.66. The minimum Gasteiger partial charge on any atom is -0.372 e. The predicted molar refractivity (Wildman–Crippen MR) is 114 cm³/mol. The maximum atomic E-state index is 12.7. The van der Waals surface area contributed by atoms with Crippen molar-refractivity contribution in [2.45, 2.75) is 72.1 Å². The van der Waals surface area contributed by atoms with Gasteiger partial charge < -0.3 is 9.64 Å². The molecule has 3 atom stereocenters.